The first kappa shape index (κ1) is 18.0. The lowest BCUT2D eigenvalue weighted by molar-refractivity contribution is 1.10. The van der Waals surface area contributed by atoms with Gasteiger partial charge in [0.2, 0.25) is 0 Å². The number of aromatic nitrogens is 1. The molecule has 0 radical (unpaired) electrons. The second-order valence-electron chi connectivity index (χ2n) is 7.32. The van der Waals surface area contributed by atoms with Gasteiger partial charge < -0.3 is 10.3 Å². The van der Waals surface area contributed by atoms with Crippen LogP contribution in [0.3, 0.4) is 0 Å². The van der Waals surface area contributed by atoms with Crippen molar-refractivity contribution in [3.05, 3.63) is 121 Å². The van der Waals surface area contributed by atoms with Crippen molar-refractivity contribution in [2.45, 2.75) is 0 Å². The molecule has 4 aromatic carbocycles. The number of nitrogen functional groups attached to an aromatic ring is 1. The summed E-state index contributed by atoms with van der Waals surface area (Å²) >= 11 is 0. The molecule has 0 aliphatic heterocycles. The van der Waals surface area contributed by atoms with Gasteiger partial charge in [-0.2, -0.15) is 0 Å². The zero-order valence-electron chi connectivity index (χ0n) is 16.6. The van der Waals surface area contributed by atoms with Gasteiger partial charge in [-0.3, -0.25) is 0 Å². The van der Waals surface area contributed by atoms with Crippen molar-refractivity contribution in [2.24, 2.45) is 0 Å². The summed E-state index contributed by atoms with van der Waals surface area (Å²) in [5, 5.41) is 0. The van der Waals surface area contributed by atoms with E-state index in [0.717, 1.165) is 17.1 Å². The molecule has 2 heteroatoms. The van der Waals surface area contributed by atoms with Crippen molar-refractivity contribution >= 4 is 5.69 Å². The first-order valence-corrected chi connectivity index (χ1v) is 10.1. The largest absolute Gasteiger partial charge is 0.399 e. The molecule has 0 unspecified atom stereocenters. The number of benzene rings is 4. The Kier molecular flexibility index (Phi) is 4.66. The Balaban J connectivity index is 1.88. The van der Waals surface area contributed by atoms with Gasteiger partial charge in [0.05, 0.1) is 11.4 Å². The third kappa shape index (κ3) is 3.29. The number of anilines is 1. The highest BCUT2D eigenvalue weighted by atomic mass is 15.0. The highest BCUT2D eigenvalue weighted by Crippen LogP contribution is 2.41. The molecule has 0 amide bonds. The standard InChI is InChI=1S/C28H22N2/c29-24-16-18-25(19-17-24)30-27(22-12-6-2-7-13-22)20-26(21-10-4-1-5-11-21)28(30)23-14-8-3-9-15-23/h1-20H,29H2. The zero-order valence-corrected chi connectivity index (χ0v) is 16.6. The Labute approximate surface area is 176 Å². The summed E-state index contributed by atoms with van der Waals surface area (Å²) in [6, 6.07) is 42.1. The second-order valence-corrected chi connectivity index (χ2v) is 7.32. The van der Waals surface area contributed by atoms with E-state index in [4.69, 9.17) is 5.73 Å². The van der Waals surface area contributed by atoms with E-state index in [1.165, 1.54) is 27.9 Å². The fourth-order valence-corrected chi connectivity index (χ4v) is 3.94. The maximum absolute atomic E-state index is 5.99. The van der Waals surface area contributed by atoms with Gasteiger partial charge in [0, 0.05) is 16.9 Å². The van der Waals surface area contributed by atoms with Gasteiger partial charge in [-0.1, -0.05) is 91.0 Å². The lowest BCUT2D eigenvalue weighted by Crippen LogP contribution is -2.00. The van der Waals surface area contributed by atoms with Gasteiger partial charge >= 0.3 is 0 Å². The number of hydrogen-bond donors (Lipinski definition) is 1. The summed E-state index contributed by atoms with van der Waals surface area (Å²) in [4.78, 5) is 0. The first-order chi connectivity index (χ1) is 14.8. The van der Waals surface area contributed by atoms with Crippen LogP contribution in [0.25, 0.3) is 39.3 Å². The summed E-state index contributed by atoms with van der Waals surface area (Å²) < 4.78 is 2.34. The third-order valence-corrected chi connectivity index (χ3v) is 5.35. The molecule has 0 aliphatic rings. The van der Waals surface area contributed by atoms with Gasteiger partial charge in [0.1, 0.15) is 0 Å². The number of hydrogen-bond acceptors (Lipinski definition) is 1. The summed E-state index contributed by atoms with van der Waals surface area (Å²) in [5.74, 6) is 0. The maximum atomic E-state index is 5.99. The highest BCUT2D eigenvalue weighted by Gasteiger charge is 2.20. The SMILES string of the molecule is Nc1ccc(-n2c(-c3ccccc3)cc(-c3ccccc3)c2-c2ccccc2)cc1. The maximum Gasteiger partial charge on any atom is 0.0613 e. The Hall–Kier alpha value is -4.04. The lowest BCUT2D eigenvalue weighted by atomic mass is 10.0. The zero-order chi connectivity index (χ0) is 20.3. The van der Waals surface area contributed by atoms with Crippen molar-refractivity contribution in [1.82, 2.24) is 4.57 Å². The molecule has 30 heavy (non-hydrogen) atoms. The molecular formula is C28H22N2. The van der Waals surface area contributed by atoms with Crippen LogP contribution in [-0.2, 0) is 0 Å². The van der Waals surface area contributed by atoms with Gasteiger partial charge in [0.25, 0.3) is 0 Å². The van der Waals surface area contributed by atoms with Crippen LogP contribution in [0.1, 0.15) is 0 Å². The molecule has 1 aromatic heterocycles. The van der Waals surface area contributed by atoms with Gasteiger partial charge in [-0.25, -0.2) is 0 Å². The van der Waals surface area contributed by atoms with Crippen LogP contribution in [0.15, 0.2) is 121 Å². The molecule has 0 spiro atoms. The van der Waals surface area contributed by atoms with E-state index in [1.807, 2.05) is 12.1 Å². The van der Waals surface area contributed by atoms with Crippen molar-refractivity contribution in [2.75, 3.05) is 5.73 Å². The van der Waals surface area contributed by atoms with Gasteiger partial charge in [0.15, 0.2) is 0 Å². The number of nitrogens with zero attached hydrogens (tertiary/aromatic N) is 1. The minimum Gasteiger partial charge on any atom is -0.399 e. The van der Waals surface area contributed by atoms with Crippen LogP contribution in [-0.4, -0.2) is 4.57 Å². The molecule has 5 rings (SSSR count). The molecule has 144 valence electrons. The molecule has 0 aliphatic carbocycles. The Morgan fingerprint density at radius 3 is 1.57 bits per heavy atom. The van der Waals surface area contributed by atoms with E-state index < -0.39 is 0 Å². The van der Waals surface area contributed by atoms with Crippen molar-refractivity contribution in [1.29, 1.82) is 0 Å². The summed E-state index contributed by atoms with van der Waals surface area (Å²) in [6.07, 6.45) is 0. The van der Waals surface area contributed by atoms with E-state index in [9.17, 15) is 0 Å². The predicted molar refractivity (Wildman–Crippen MR) is 126 cm³/mol. The van der Waals surface area contributed by atoms with Crippen LogP contribution in [0.5, 0.6) is 0 Å². The third-order valence-electron chi connectivity index (χ3n) is 5.35. The minimum absolute atomic E-state index is 0.761. The predicted octanol–water partition coefficient (Wildman–Crippen LogP) is 7.06. The molecule has 0 atom stereocenters. The monoisotopic (exact) mass is 386 g/mol. The highest BCUT2D eigenvalue weighted by molar-refractivity contribution is 5.88. The van der Waals surface area contributed by atoms with Crippen molar-refractivity contribution in [3.8, 4) is 39.3 Å². The van der Waals surface area contributed by atoms with E-state index in [-0.39, 0.29) is 0 Å². The summed E-state index contributed by atoms with van der Waals surface area (Å²) in [7, 11) is 0. The molecule has 0 saturated heterocycles. The smallest absolute Gasteiger partial charge is 0.0613 e. The first-order valence-electron chi connectivity index (χ1n) is 10.1. The molecule has 0 fully saturated rings. The van der Waals surface area contributed by atoms with Crippen LogP contribution in [0.4, 0.5) is 5.69 Å². The topological polar surface area (TPSA) is 30.9 Å². The lowest BCUT2D eigenvalue weighted by Gasteiger charge is -2.16. The Morgan fingerprint density at radius 2 is 1.00 bits per heavy atom. The average molecular weight is 386 g/mol. The fourth-order valence-electron chi connectivity index (χ4n) is 3.94. The van der Waals surface area contributed by atoms with Crippen LogP contribution in [0.2, 0.25) is 0 Å². The number of rotatable bonds is 4. The quantitative estimate of drug-likeness (QED) is 0.329. The van der Waals surface area contributed by atoms with Crippen LogP contribution < -0.4 is 5.73 Å². The molecule has 2 nitrogen and oxygen atoms in total. The van der Waals surface area contributed by atoms with E-state index in [1.54, 1.807) is 0 Å². The molecule has 1 heterocycles. The van der Waals surface area contributed by atoms with Gasteiger partial charge in [-0.05, 0) is 47.0 Å². The van der Waals surface area contributed by atoms with E-state index in [2.05, 4.69) is 114 Å². The summed E-state index contributed by atoms with van der Waals surface area (Å²) in [6.45, 7) is 0. The second kappa shape index (κ2) is 7.76. The minimum atomic E-state index is 0.761. The van der Waals surface area contributed by atoms with Crippen LogP contribution >= 0.6 is 0 Å². The molecule has 0 saturated carbocycles. The Bertz CT molecular complexity index is 1250. The Morgan fingerprint density at radius 1 is 0.500 bits per heavy atom. The number of nitrogens with two attached hydrogens (primary N) is 1. The fraction of sp³-hybridized carbons (Fsp3) is 0. The van der Waals surface area contributed by atoms with Crippen LogP contribution in [0, 0.1) is 0 Å². The average Bonchev–Trinajstić information content (AvgIpc) is 3.22. The van der Waals surface area contributed by atoms with E-state index in [0.29, 0.717) is 0 Å². The van der Waals surface area contributed by atoms with Crippen molar-refractivity contribution < 1.29 is 0 Å². The molecular weight excluding hydrogens is 364 g/mol. The molecule has 0 bridgehead atoms. The molecule has 5 aromatic rings. The summed E-state index contributed by atoms with van der Waals surface area (Å²) in [5.41, 5.74) is 14.9. The van der Waals surface area contributed by atoms with E-state index >= 15 is 0 Å². The van der Waals surface area contributed by atoms with Crippen molar-refractivity contribution in [3.63, 3.8) is 0 Å². The molecule has 2 N–H and O–H groups in total. The normalized spacial score (nSPS) is 10.8. The van der Waals surface area contributed by atoms with Gasteiger partial charge in [-0.15, -0.1) is 0 Å².